The Morgan fingerprint density at radius 2 is 1.46 bits per heavy atom. The summed E-state index contributed by atoms with van der Waals surface area (Å²) in [5.74, 6) is -0.223. The Hall–Kier alpha value is -3.32. The van der Waals surface area contributed by atoms with Gasteiger partial charge in [-0.05, 0) is 61.9 Å². The monoisotopic (exact) mass is 595 g/mol. The Bertz CT molecular complexity index is 1540. The molecule has 0 bridgehead atoms. The van der Waals surface area contributed by atoms with Gasteiger partial charge in [0.2, 0.25) is 15.9 Å². The molecule has 0 unspecified atom stereocenters. The van der Waals surface area contributed by atoms with Crippen molar-refractivity contribution < 1.29 is 31.1 Å². The average molecular weight is 596 g/mol. The van der Waals surface area contributed by atoms with Crippen LogP contribution in [0.5, 0.6) is 11.5 Å². The number of methoxy groups -OCH3 is 2. The molecule has 3 aromatic carbocycles. The van der Waals surface area contributed by atoms with Crippen LogP contribution in [0.3, 0.4) is 0 Å². The molecule has 0 fully saturated rings. The van der Waals surface area contributed by atoms with Crippen LogP contribution in [-0.4, -0.2) is 56.6 Å². The highest BCUT2D eigenvalue weighted by Crippen LogP contribution is 2.34. The molecule has 3 aromatic rings. The first-order valence-corrected chi connectivity index (χ1v) is 15.0. The van der Waals surface area contributed by atoms with E-state index in [1.165, 1.54) is 56.7 Å². The highest BCUT2D eigenvalue weighted by molar-refractivity contribution is 7.93. The van der Waals surface area contributed by atoms with E-state index in [1.807, 2.05) is 6.92 Å². The third-order valence-corrected chi connectivity index (χ3v) is 9.24. The molecule has 0 radical (unpaired) electrons. The van der Waals surface area contributed by atoms with Gasteiger partial charge in [0, 0.05) is 13.1 Å². The van der Waals surface area contributed by atoms with E-state index in [1.54, 1.807) is 25.1 Å². The van der Waals surface area contributed by atoms with Crippen LogP contribution in [-0.2, 0) is 24.8 Å². The van der Waals surface area contributed by atoms with E-state index >= 15 is 0 Å². The number of carbonyl (C=O) groups excluding carboxylic acids is 1. The van der Waals surface area contributed by atoms with Crippen LogP contribution >= 0.6 is 11.6 Å². The van der Waals surface area contributed by atoms with E-state index in [0.29, 0.717) is 11.3 Å². The van der Waals surface area contributed by atoms with Gasteiger partial charge in [-0.3, -0.25) is 9.10 Å². The highest BCUT2D eigenvalue weighted by atomic mass is 35.5. The van der Waals surface area contributed by atoms with Crippen molar-refractivity contribution in [2.24, 2.45) is 0 Å². The summed E-state index contributed by atoms with van der Waals surface area (Å²) in [6, 6.07) is 15.3. The van der Waals surface area contributed by atoms with E-state index in [-0.39, 0.29) is 39.3 Å². The third-order valence-electron chi connectivity index (χ3n) is 5.67. The second-order valence-corrected chi connectivity index (χ2v) is 12.6. The standard InChI is InChI=1S/C26H30ClN3O7S2/c1-18-5-9-21(10-6-18)38(32,33)29-14-13-28-26(31)17-30(20-8-12-23(36-3)22(27)16-20)39(34,35)25-15-19(2)7-11-24(25)37-4/h5-12,15-16,29H,13-14,17H2,1-4H3,(H,28,31). The minimum absolute atomic E-state index is 0.0745. The predicted molar refractivity (Wildman–Crippen MR) is 150 cm³/mol. The molecule has 1 amide bonds. The zero-order valence-electron chi connectivity index (χ0n) is 21.9. The lowest BCUT2D eigenvalue weighted by Crippen LogP contribution is -2.43. The number of nitrogens with zero attached hydrogens (tertiary/aromatic N) is 1. The third kappa shape index (κ3) is 7.41. The van der Waals surface area contributed by atoms with Crippen LogP contribution in [0.25, 0.3) is 0 Å². The lowest BCUT2D eigenvalue weighted by atomic mass is 10.2. The molecular formula is C26H30ClN3O7S2. The second-order valence-electron chi connectivity index (χ2n) is 8.55. The fraction of sp³-hybridized carbons (Fsp3) is 0.269. The molecule has 0 saturated carbocycles. The molecule has 39 heavy (non-hydrogen) atoms. The summed E-state index contributed by atoms with van der Waals surface area (Å²) in [5.41, 5.74) is 1.72. The number of sulfonamides is 2. The first-order chi connectivity index (χ1) is 18.4. The first-order valence-electron chi connectivity index (χ1n) is 11.7. The van der Waals surface area contributed by atoms with Crippen molar-refractivity contribution in [3.05, 3.63) is 76.8 Å². The van der Waals surface area contributed by atoms with Gasteiger partial charge in [-0.1, -0.05) is 35.4 Å². The smallest absolute Gasteiger partial charge is 0.268 e. The summed E-state index contributed by atoms with van der Waals surface area (Å²) < 4.78 is 66.3. The maximum Gasteiger partial charge on any atom is 0.268 e. The number of halogens is 1. The zero-order valence-corrected chi connectivity index (χ0v) is 24.3. The van der Waals surface area contributed by atoms with Crippen molar-refractivity contribution in [1.82, 2.24) is 10.0 Å². The Labute approximate surface area is 234 Å². The minimum Gasteiger partial charge on any atom is -0.495 e. The molecule has 210 valence electrons. The molecule has 0 aliphatic heterocycles. The van der Waals surface area contributed by atoms with Crippen molar-refractivity contribution in [3.8, 4) is 11.5 Å². The van der Waals surface area contributed by atoms with Crippen LogP contribution < -0.4 is 23.8 Å². The lowest BCUT2D eigenvalue weighted by molar-refractivity contribution is -0.119. The van der Waals surface area contributed by atoms with Gasteiger partial charge in [0.25, 0.3) is 10.0 Å². The summed E-state index contributed by atoms with van der Waals surface area (Å²) in [6.07, 6.45) is 0. The number of nitrogens with one attached hydrogen (secondary N) is 2. The molecule has 0 aliphatic carbocycles. The van der Waals surface area contributed by atoms with E-state index in [9.17, 15) is 21.6 Å². The fourth-order valence-corrected chi connectivity index (χ4v) is 6.54. The summed E-state index contributed by atoms with van der Waals surface area (Å²) in [5, 5.41) is 2.71. The number of benzene rings is 3. The number of carbonyl (C=O) groups is 1. The maximum atomic E-state index is 13.8. The van der Waals surface area contributed by atoms with Crippen molar-refractivity contribution in [3.63, 3.8) is 0 Å². The number of aryl methyl sites for hydroxylation is 2. The molecule has 10 nitrogen and oxygen atoms in total. The summed E-state index contributed by atoms with van der Waals surface area (Å²) >= 11 is 6.26. The van der Waals surface area contributed by atoms with Gasteiger partial charge in [0.15, 0.2) is 0 Å². The molecule has 0 saturated heterocycles. The van der Waals surface area contributed by atoms with Gasteiger partial charge < -0.3 is 14.8 Å². The van der Waals surface area contributed by atoms with E-state index in [0.717, 1.165) is 9.87 Å². The van der Waals surface area contributed by atoms with Crippen molar-refractivity contribution in [1.29, 1.82) is 0 Å². The quantitative estimate of drug-likeness (QED) is 0.307. The van der Waals surface area contributed by atoms with Crippen LogP contribution in [0.2, 0.25) is 5.02 Å². The molecule has 0 aliphatic rings. The molecule has 0 atom stereocenters. The van der Waals surface area contributed by atoms with Gasteiger partial charge in [0.1, 0.15) is 22.9 Å². The highest BCUT2D eigenvalue weighted by Gasteiger charge is 2.30. The molecule has 0 aromatic heterocycles. The Kier molecular flexibility index (Phi) is 9.83. The van der Waals surface area contributed by atoms with E-state index < -0.39 is 32.5 Å². The lowest BCUT2D eigenvalue weighted by Gasteiger charge is -2.25. The van der Waals surface area contributed by atoms with Gasteiger partial charge in [-0.2, -0.15) is 0 Å². The van der Waals surface area contributed by atoms with E-state index in [4.69, 9.17) is 21.1 Å². The SMILES string of the molecule is COc1ccc(N(CC(=O)NCCNS(=O)(=O)c2ccc(C)cc2)S(=O)(=O)c2cc(C)ccc2OC)cc1Cl. The molecule has 0 heterocycles. The zero-order chi connectivity index (χ0) is 28.8. The van der Waals surface area contributed by atoms with Gasteiger partial charge in [-0.25, -0.2) is 21.6 Å². The van der Waals surface area contributed by atoms with Crippen LogP contribution in [0.15, 0.2) is 70.5 Å². The molecule has 2 N–H and O–H groups in total. The Morgan fingerprint density at radius 3 is 2.08 bits per heavy atom. The number of anilines is 1. The largest absolute Gasteiger partial charge is 0.495 e. The van der Waals surface area contributed by atoms with Crippen molar-refractivity contribution in [2.75, 3.05) is 38.2 Å². The van der Waals surface area contributed by atoms with Crippen LogP contribution in [0.1, 0.15) is 11.1 Å². The Morgan fingerprint density at radius 1 is 0.846 bits per heavy atom. The van der Waals surface area contributed by atoms with Crippen molar-refractivity contribution >= 4 is 43.2 Å². The number of hydrogen-bond donors (Lipinski definition) is 2. The van der Waals surface area contributed by atoms with Gasteiger partial charge in [-0.15, -0.1) is 0 Å². The molecule has 13 heteroatoms. The van der Waals surface area contributed by atoms with Gasteiger partial charge >= 0.3 is 0 Å². The number of rotatable bonds is 12. The topological polar surface area (TPSA) is 131 Å². The fourth-order valence-electron chi connectivity index (χ4n) is 3.60. The predicted octanol–water partition coefficient (Wildman–Crippen LogP) is 3.26. The maximum absolute atomic E-state index is 13.8. The summed E-state index contributed by atoms with van der Waals surface area (Å²) in [7, 11) is -5.31. The minimum atomic E-state index is -4.31. The number of ether oxygens (including phenoxy) is 2. The van der Waals surface area contributed by atoms with Crippen LogP contribution in [0, 0.1) is 13.8 Å². The van der Waals surface area contributed by atoms with Gasteiger partial charge in [0.05, 0.1) is 29.8 Å². The molecular weight excluding hydrogens is 566 g/mol. The summed E-state index contributed by atoms with van der Waals surface area (Å²) in [6.45, 7) is 2.80. The number of hydrogen-bond acceptors (Lipinski definition) is 7. The first kappa shape index (κ1) is 30.2. The molecule has 3 rings (SSSR count). The van der Waals surface area contributed by atoms with Crippen LogP contribution in [0.4, 0.5) is 5.69 Å². The molecule has 0 spiro atoms. The second kappa shape index (κ2) is 12.7. The van der Waals surface area contributed by atoms with E-state index in [2.05, 4.69) is 10.0 Å². The van der Waals surface area contributed by atoms with Crippen molar-refractivity contribution in [2.45, 2.75) is 23.6 Å². The summed E-state index contributed by atoms with van der Waals surface area (Å²) in [4.78, 5) is 12.9. The average Bonchev–Trinajstić information content (AvgIpc) is 2.90. The normalized spacial score (nSPS) is 11.6. The Balaban J connectivity index is 1.81. The number of amides is 1.